The Morgan fingerprint density at radius 3 is 2.58 bits per heavy atom. The molecule has 13 heteroatoms. The van der Waals surface area contributed by atoms with Gasteiger partial charge in [0.2, 0.25) is 0 Å². The first-order valence-corrected chi connectivity index (χ1v) is 14.8. The first-order valence-electron chi connectivity index (χ1n) is 12.4. The molecule has 4 atom stereocenters. The van der Waals surface area contributed by atoms with Gasteiger partial charge in [0, 0.05) is 37.3 Å². The van der Waals surface area contributed by atoms with E-state index in [0.29, 0.717) is 29.4 Å². The Bertz CT molecular complexity index is 1380. The van der Waals surface area contributed by atoms with Crippen LogP contribution in [-0.2, 0) is 22.5 Å². The number of benzene rings is 1. The largest absolute Gasteiger partial charge is 0.459 e. The molecule has 4 unspecified atom stereocenters. The standard InChI is InChI=1S/C25H31N5O6S2/c1-16-20(11-23(32)30(16)38(34,35)28-9-8-19(31)14-28)21-12-24(29(27-21)25(33)22-3-2-10-36-22)37-15-18-6-4-17(13-26)5-7-18/h2-7,10,12,16,19-20,23,31-32H,8-9,11,13-15,26H2,1H3. The summed E-state index contributed by atoms with van der Waals surface area (Å²) in [5.41, 5.74) is 8.27. The fourth-order valence-corrected chi connectivity index (χ4v) is 7.89. The highest BCUT2D eigenvalue weighted by atomic mass is 32.2. The molecule has 2 aromatic heterocycles. The van der Waals surface area contributed by atoms with Crippen LogP contribution in [0, 0.1) is 0 Å². The van der Waals surface area contributed by atoms with Crippen LogP contribution in [0.3, 0.4) is 0 Å². The molecule has 2 fully saturated rings. The Hall–Kier alpha value is -2.52. The summed E-state index contributed by atoms with van der Waals surface area (Å²) in [7, 11) is -3.99. The molecule has 0 aliphatic carbocycles. The van der Waals surface area contributed by atoms with Crippen LogP contribution in [0.15, 0.2) is 58.2 Å². The predicted molar refractivity (Wildman–Crippen MR) is 140 cm³/mol. The van der Waals surface area contributed by atoms with Gasteiger partial charge in [-0.2, -0.15) is 26.8 Å². The summed E-state index contributed by atoms with van der Waals surface area (Å²) in [6.45, 7) is 2.38. The molecule has 0 spiro atoms. The molecule has 11 nitrogen and oxygen atoms in total. The number of aromatic nitrogens is 2. The molecule has 0 saturated carbocycles. The number of carbonyl (C=O) groups is 1. The SMILES string of the molecule is CC1C(c2cc(SCc3ccc(CN)cc3)n(C(=O)c3ccco3)n2)CC(O)N1S(=O)(=O)N1CCC(O)C1. The normalized spacial score (nSPS) is 24.8. The van der Waals surface area contributed by atoms with Gasteiger partial charge in [0.1, 0.15) is 11.3 Å². The third-order valence-electron chi connectivity index (χ3n) is 7.11. The van der Waals surface area contributed by atoms with Gasteiger partial charge in [-0.25, -0.2) is 0 Å². The number of hydrogen-bond donors (Lipinski definition) is 3. The molecule has 204 valence electrons. The molecular weight excluding hydrogens is 530 g/mol. The molecule has 2 aliphatic heterocycles. The highest BCUT2D eigenvalue weighted by Gasteiger charge is 2.49. The summed E-state index contributed by atoms with van der Waals surface area (Å²) < 4.78 is 35.5. The second kappa shape index (κ2) is 10.9. The smallest absolute Gasteiger partial charge is 0.314 e. The van der Waals surface area contributed by atoms with Crippen molar-refractivity contribution >= 4 is 27.9 Å². The molecule has 5 rings (SSSR count). The van der Waals surface area contributed by atoms with Crippen LogP contribution in [0.25, 0.3) is 0 Å². The number of hydrogen-bond acceptors (Lipinski definition) is 9. The lowest BCUT2D eigenvalue weighted by Crippen LogP contribution is -2.48. The third-order valence-corrected chi connectivity index (χ3v) is 10.3. The first kappa shape index (κ1) is 27.1. The number of rotatable bonds is 8. The van der Waals surface area contributed by atoms with E-state index in [-0.39, 0.29) is 25.3 Å². The lowest BCUT2D eigenvalue weighted by atomic mass is 9.98. The summed E-state index contributed by atoms with van der Waals surface area (Å²) in [4.78, 5) is 13.2. The Balaban J connectivity index is 1.42. The number of aliphatic hydroxyl groups excluding tert-OH is 2. The second-order valence-corrected chi connectivity index (χ2v) is 12.4. The zero-order valence-corrected chi connectivity index (χ0v) is 22.5. The lowest BCUT2D eigenvalue weighted by molar-refractivity contribution is 0.0774. The molecule has 0 radical (unpaired) electrons. The van der Waals surface area contributed by atoms with Crippen LogP contribution in [0.4, 0.5) is 0 Å². The maximum atomic E-state index is 13.3. The molecule has 4 heterocycles. The van der Waals surface area contributed by atoms with Gasteiger partial charge in [0.05, 0.1) is 18.1 Å². The molecular formula is C25H31N5O6S2. The van der Waals surface area contributed by atoms with Crippen molar-refractivity contribution < 1.29 is 27.8 Å². The highest BCUT2D eigenvalue weighted by molar-refractivity contribution is 7.98. The predicted octanol–water partition coefficient (Wildman–Crippen LogP) is 1.72. The van der Waals surface area contributed by atoms with Crippen LogP contribution >= 0.6 is 11.8 Å². The van der Waals surface area contributed by atoms with Crippen molar-refractivity contribution in [2.45, 2.75) is 61.4 Å². The summed E-state index contributed by atoms with van der Waals surface area (Å²) in [5.74, 6) is -0.183. The van der Waals surface area contributed by atoms with Crippen LogP contribution in [0.2, 0.25) is 0 Å². The van der Waals surface area contributed by atoms with Crippen LogP contribution in [-0.4, -0.2) is 74.4 Å². The number of nitrogens with zero attached hydrogens (tertiary/aromatic N) is 4. The van der Waals surface area contributed by atoms with E-state index in [1.54, 1.807) is 25.1 Å². The monoisotopic (exact) mass is 561 g/mol. The summed E-state index contributed by atoms with van der Waals surface area (Å²) in [6.07, 6.45) is -0.0639. The minimum absolute atomic E-state index is 0.00225. The van der Waals surface area contributed by atoms with Gasteiger partial charge in [-0.15, -0.1) is 11.8 Å². The van der Waals surface area contributed by atoms with E-state index in [1.165, 1.54) is 27.0 Å². The topological polar surface area (TPSA) is 155 Å². The molecule has 0 amide bonds. The average Bonchev–Trinajstić information content (AvgIpc) is 3.70. The van der Waals surface area contributed by atoms with Crippen molar-refractivity contribution in [3.05, 3.63) is 71.3 Å². The van der Waals surface area contributed by atoms with Gasteiger partial charge in [-0.05, 0) is 49.1 Å². The quantitative estimate of drug-likeness (QED) is 0.349. The molecule has 0 bridgehead atoms. The Morgan fingerprint density at radius 2 is 1.95 bits per heavy atom. The average molecular weight is 562 g/mol. The number of aliphatic hydroxyl groups is 2. The van der Waals surface area contributed by atoms with E-state index in [0.717, 1.165) is 15.4 Å². The summed E-state index contributed by atoms with van der Waals surface area (Å²) >= 11 is 1.42. The molecule has 2 aliphatic rings. The fraction of sp³-hybridized carbons (Fsp3) is 0.440. The van der Waals surface area contributed by atoms with Crippen molar-refractivity contribution in [3.8, 4) is 0 Å². The minimum atomic E-state index is -3.99. The number of carbonyl (C=O) groups excluding carboxylic acids is 1. The van der Waals surface area contributed by atoms with Crippen molar-refractivity contribution in [2.75, 3.05) is 13.1 Å². The van der Waals surface area contributed by atoms with Gasteiger partial charge in [0.25, 0.3) is 10.2 Å². The zero-order chi connectivity index (χ0) is 27.0. The van der Waals surface area contributed by atoms with E-state index in [1.807, 2.05) is 24.3 Å². The second-order valence-electron chi connectivity index (χ2n) is 9.61. The van der Waals surface area contributed by atoms with Crippen molar-refractivity contribution in [1.82, 2.24) is 18.4 Å². The Kier molecular flexibility index (Phi) is 7.78. The van der Waals surface area contributed by atoms with Crippen LogP contribution in [0.1, 0.15) is 53.1 Å². The molecule has 2 saturated heterocycles. The molecule has 3 aromatic rings. The number of furan rings is 1. The number of β-amino-alcohol motifs (C(OH)–C–C–N with tert-alkyl or cyclic N) is 1. The minimum Gasteiger partial charge on any atom is -0.459 e. The van der Waals surface area contributed by atoms with Gasteiger partial charge in [-0.1, -0.05) is 24.3 Å². The van der Waals surface area contributed by atoms with Crippen molar-refractivity contribution in [1.29, 1.82) is 0 Å². The maximum absolute atomic E-state index is 13.3. The van der Waals surface area contributed by atoms with E-state index in [9.17, 15) is 23.4 Å². The van der Waals surface area contributed by atoms with Gasteiger partial charge in [0.15, 0.2) is 5.76 Å². The van der Waals surface area contributed by atoms with E-state index < -0.39 is 40.4 Å². The molecule has 38 heavy (non-hydrogen) atoms. The van der Waals surface area contributed by atoms with E-state index in [4.69, 9.17) is 10.2 Å². The lowest BCUT2D eigenvalue weighted by Gasteiger charge is -2.29. The molecule has 4 N–H and O–H groups in total. The van der Waals surface area contributed by atoms with E-state index in [2.05, 4.69) is 5.10 Å². The van der Waals surface area contributed by atoms with Crippen molar-refractivity contribution in [3.63, 3.8) is 0 Å². The molecule has 1 aromatic carbocycles. The zero-order valence-electron chi connectivity index (χ0n) is 20.9. The van der Waals surface area contributed by atoms with Gasteiger partial charge in [-0.3, -0.25) is 4.79 Å². The summed E-state index contributed by atoms with van der Waals surface area (Å²) in [5, 5.41) is 25.8. The van der Waals surface area contributed by atoms with Gasteiger partial charge >= 0.3 is 5.91 Å². The van der Waals surface area contributed by atoms with Crippen molar-refractivity contribution in [2.24, 2.45) is 5.73 Å². The van der Waals surface area contributed by atoms with Crippen LogP contribution in [0.5, 0.6) is 0 Å². The highest BCUT2D eigenvalue weighted by Crippen LogP contribution is 2.40. The summed E-state index contributed by atoms with van der Waals surface area (Å²) in [6, 6.07) is 12.2. The Labute approximate surface area is 225 Å². The number of nitrogens with two attached hydrogens (primary N) is 1. The first-order chi connectivity index (χ1) is 18.2. The van der Waals surface area contributed by atoms with E-state index >= 15 is 0 Å². The number of thioether (sulfide) groups is 1. The maximum Gasteiger partial charge on any atom is 0.314 e. The Morgan fingerprint density at radius 1 is 1.21 bits per heavy atom. The third kappa shape index (κ3) is 5.19. The van der Waals surface area contributed by atoms with Gasteiger partial charge < -0.3 is 20.4 Å². The van der Waals surface area contributed by atoms with Crippen LogP contribution < -0.4 is 5.73 Å². The fourth-order valence-electron chi connectivity index (χ4n) is 5.01.